The van der Waals surface area contributed by atoms with Gasteiger partial charge in [0.2, 0.25) is 17.7 Å². The van der Waals surface area contributed by atoms with Gasteiger partial charge in [-0.1, -0.05) is 56.9 Å². The van der Waals surface area contributed by atoms with Crippen LogP contribution in [0, 0.1) is 6.92 Å². The maximum atomic E-state index is 14.1. The standard InChI is InChI=1S/C30H48N4O7/c1-7-9-10-11-14-19-34(28(38)23(20-24(31)35)33-29(39)41-30(4,5)6)26(22-16-13-12-15-21(22)3)27(37)32-18-17-25(36)40-8-2/h12-13,15-16,23,26H,7-11,14,17-20H2,1-6H3,(H2,31,35)(H,32,37)(H,33,39). The van der Waals surface area contributed by atoms with Crippen molar-refractivity contribution >= 4 is 29.8 Å². The number of nitrogens with zero attached hydrogens (tertiary/aromatic N) is 1. The molecular formula is C30H48N4O7. The van der Waals surface area contributed by atoms with Crippen molar-refractivity contribution in [3.63, 3.8) is 0 Å². The van der Waals surface area contributed by atoms with E-state index in [0.717, 1.165) is 31.2 Å². The molecule has 2 atom stereocenters. The van der Waals surface area contributed by atoms with E-state index in [1.807, 2.05) is 19.1 Å². The van der Waals surface area contributed by atoms with E-state index in [-0.39, 0.29) is 26.1 Å². The van der Waals surface area contributed by atoms with Crippen LogP contribution < -0.4 is 16.4 Å². The second-order valence-corrected chi connectivity index (χ2v) is 10.9. The summed E-state index contributed by atoms with van der Waals surface area (Å²) in [6.45, 7) is 11.1. The van der Waals surface area contributed by atoms with Gasteiger partial charge in [0.15, 0.2) is 0 Å². The van der Waals surface area contributed by atoms with Crippen LogP contribution in [-0.4, -0.2) is 66.0 Å². The summed E-state index contributed by atoms with van der Waals surface area (Å²) in [6.07, 6.45) is 3.06. The number of carbonyl (C=O) groups excluding carboxylic acids is 5. The van der Waals surface area contributed by atoms with Gasteiger partial charge in [-0.05, 0) is 52.2 Å². The lowest BCUT2D eigenvalue weighted by Gasteiger charge is -2.35. The van der Waals surface area contributed by atoms with Crippen LogP contribution in [0.1, 0.15) is 96.7 Å². The van der Waals surface area contributed by atoms with Crippen LogP contribution in [0.25, 0.3) is 0 Å². The highest BCUT2D eigenvalue weighted by Gasteiger charge is 2.37. The second kappa shape index (κ2) is 17.9. The topological polar surface area (TPSA) is 157 Å². The van der Waals surface area contributed by atoms with Crippen LogP contribution in [0.15, 0.2) is 24.3 Å². The van der Waals surface area contributed by atoms with E-state index >= 15 is 0 Å². The quantitative estimate of drug-likeness (QED) is 0.189. The zero-order valence-corrected chi connectivity index (χ0v) is 25.4. The number of nitrogens with two attached hydrogens (primary N) is 1. The molecule has 0 aliphatic carbocycles. The second-order valence-electron chi connectivity index (χ2n) is 10.9. The van der Waals surface area contributed by atoms with Gasteiger partial charge in [0, 0.05) is 13.1 Å². The molecule has 0 bridgehead atoms. The van der Waals surface area contributed by atoms with Crippen LogP contribution in [0.4, 0.5) is 4.79 Å². The van der Waals surface area contributed by atoms with E-state index in [9.17, 15) is 24.0 Å². The zero-order valence-electron chi connectivity index (χ0n) is 25.4. The molecular weight excluding hydrogens is 528 g/mol. The van der Waals surface area contributed by atoms with E-state index in [2.05, 4.69) is 17.6 Å². The zero-order chi connectivity index (χ0) is 31.0. The third-order valence-corrected chi connectivity index (χ3v) is 6.16. The summed E-state index contributed by atoms with van der Waals surface area (Å²) < 4.78 is 10.3. The van der Waals surface area contributed by atoms with Gasteiger partial charge in [0.25, 0.3) is 0 Å². The fourth-order valence-electron chi connectivity index (χ4n) is 4.27. The molecule has 0 fully saturated rings. The van der Waals surface area contributed by atoms with Crippen LogP contribution >= 0.6 is 0 Å². The molecule has 0 saturated carbocycles. The number of esters is 1. The molecule has 2 unspecified atom stereocenters. The lowest BCUT2D eigenvalue weighted by Crippen LogP contribution is -2.54. The Morgan fingerprint density at radius 3 is 2.24 bits per heavy atom. The fraction of sp³-hybridized carbons (Fsp3) is 0.633. The molecule has 0 aromatic heterocycles. The van der Waals surface area contributed by atoms with E-state index in [4.69, 9.17) is 15.2 Å². The van der Waals surface area contributed by atoms with Gasteiger partial charge < -0.3 is 30.7 Å². The minimum atomic E-state index is -1.35. The first kappa shape index (κ1) is 35.4. The molecule has 1 aromatic rings. The third-order valence-electron chi connectivity index (χ3n) is 6.16. The summed E-state index contributed by atoms with van der Waals surface area (Å²) in [5, 5.41) is 5.24. The molecule has 41 heavy (non-hydrogen) atoms. The van der Waals surface area contributed by atoms with Gasteiger partial charge in [0.05, 0.1) is 19.4 Å². The highest BCUT2D eigenvalue weighted by atomic mass is 16.6. The first-order chi connectivity index (χ1) is 19.3. The Hall–Kier alpha value is -3.63. The largest absolute Gasteiger partial charge is 0.466 e. The number of nitrogens with one attached hydrogen (secondary N) is 2. The number of unbranched alkanes of at least 4 members (excludes halogenated alkanes) is 4. The van der Waals surface area contributed by atoms with Crippen LogP contribution in [0.2, 0.25) is 0 Å². The molecule has 0 aliphatic heterocycles. The number of primary amides is 1. The van der Waals surface area contributed by atoms with E-state index < -0.39 is 53.9 Å². The van der Waals surface area contributed by atoms with Crippen LogP contribution in [-0.2, 0) is 28.7 Å². The van der Waals surface area contributed by atoms with Crippen molar-refractivity contribution in [3.8, 4) is 0 Å². The summed E-state index contributed by atoms with van der Waals surface area (Å²) in [6, 6.07) is 4.74. The number of benzene rings is 1. The maximum absolute atomic E-state index is 14.1. The molecule has 4 amide bonds. The highest BCUT2D eigenvalue weighted by molar-refractivity contribution is 5.94. The minimum Gasteiger partial charge on any atom is -0.466 e. The van der Waals surface area contributed by atoms with Crippen LogP contribution in [0.5, 0.6) is 0 Å². The van der Waals surface area contributed by atoms with Crippen molar-refractivity contribution in [1.82, 2.24) is 15.5 Å². The molecule has 230 valence electrons. The normalized spacial score (nSPS) is 12.5. The number of carbonyl (C=O) groups is 5. The third kappa shape index (κ3) is 13.5. The van der Waals surface area contributed by atoms with E-state index in [1.54, 1.807) is 39.8 Å². The Labute approximate surface area is 243 Å². The summed E-state index contributed by atoms with van der Waals surface area (Å²) in [5.74, 6) is -2.39. The van der Waals surface area contributed by atoms with E-state index in [1.165, 1.54) is 4.90 Å². The summed E-state index contributed by atoms with van der Waals surface area (Å²) >= 11 is 0. The molecule has 0 aliphatic rings. The molecule has 4 N–H and O–H groups in total. The van der Waals surface area contributed by atoms with Gasteiger partial charge in [-0.2, -0.15) is 0 Å². The predicted molar refractivity (Wildman–Crippen MR) is 156 cm³/mol. The molecule has 0 radical (unpaired) electrons. The lowest BCUT2D eigenvalue weighted by atomic mass is 9.97. The Balaban J connectivity index is 3.45. The summed E-state index contributed by atoms with van der Waals surface area (Å²) in [5.41, 5.74) is 5.97. The maximum Gasteiger partial charge on any atom is 0.408 e. The number of hydrogen-bond donors (Lipinski definition) is 3. The van der Waals surface area contributed by atoms with Crippen LogP contribution in [0.3, 0.4) is 0 Å². The Morgan fingerprint density at radius 1 is 1.00 bits per heavy atom. The first-order valence-electron chi connectivity index (χ1n) is 14.4. The Kier molecular flexibility index (Phi) is 15.5. The van der Waals surface area contributed by atoms with Crippen molar-refractivity contribution in [1.29, 1.82) is 0 Å². The van der Waals surface area contributed by atoms with Gasteiger partial charge in [-0.3, -0.25) is 19.2 Å². The van der Waals surface area contributed by atoms with Crippen molar-refractivity contribution in [2.75, 3.05) is 19.7 Å². The molecule has 0 saturated heterocycles. The number of hydrogen-bond acceptors (Lipinski definition) is 7. The predicted octanol–water partition coefficient (Wildman–Crippen LogP) is 3.67. The van der Waals surface area contributed by atoms with E-state index in [0.29, 0.717) is 12.0 Å². The summed E-state index contributed by atoms with van der Waals surface area (Å²) in [4.78, 5) is 65.6. The fourth-order valence-corrected chi connectivity index (χ4v) is 4.27. The first-order valence-corrected chi connectivity index (χ1v) is 14.4. The van der Waals surface area contributed by atoms with Gasteiger partial charge >= 0.3 is 12.1 Å². The monoisotopic (exact) mass is 576 g/mol. The molecule has 11 nitrogen and oxygen atoms in total. The molecule has 0 heterocycles. The SMILES string of the molecule is CCCCCCCN(C(=O)C(CC(N)=O)NC(=O)OC(C)(C)C)C(C(=O)NCCC(=O)OCC)c1ccccc1C. The highest BCUT2D eigenvalue weighted by Crippen LogP contribution is 2.27. The number of aryl methyl sites for hydroxylation is 1. The Bertz CT molecular complexity index is 1020. The number of alkyl carbamates (subject to hydrolysis) is 1. The van der Waals surface area contributed by atoms with Gasteiger partial charge in [-0.15, -0.1) is 0 Å². The lowest BCUT2D eigenvalue weighted by molar-refractivity contribution is -0.144. The number of amides is 4. The van der Waals surface area contributed by atoms with Gasteiger partial charge in [0.1, 0.15) is 17.7 Å². The smallest absolute Gasteiger partial charge is 0.408 e. The minimum absolute atomic E-state index is 0.0133. The molecule has 1 rings (SSSR count). The summed E-state index contributed by atoms with van der Waals surface area (Å²) in [7, 11) is 0. The van der Waals surface area contributed by atoms with Gasteiger partial charge in [-0.25, -0.2) is 4.79 Å². The Morgan fingerprint density at radius 2 is 1.66 bits per heavy atom. The average molecular weight is 577 g/mol. The average Bonchev–Trinajstić information content (AvgIpc) is 2.86. The van der Waals surface area contributed by atoms with Crippen molar-refractivity contribution in [2.24, 2.45) is 5.73 Å². The molecule has 0 spiro atoms. The van der Waals surface area contributed by atoms with Crippen molar-refractivity contribution < 1.29 is 33.4 Å². The number of ether oxygens (including phenoxy) is 2. The van der Waals surface area contributed by atoms with Crippen molar-refractivity contribution in [3.05, 3.63) is 35.4 Å². The molecule has 1 aromatic carbocycles. The molecule has 11 heteroatoms. The number of rotatable bonds is 17. The van der Waals surface area contributed by atoms with Crippen molar-refractivity contribution in [2.45, 2.75) is 104 Å².